The molecule has 2 N–H and O–H groups in total. The zero-order chi connectivity index (χ0) is 14.3. The van der Waals surface area contributed by atoms with Gasteiger partial charge >= 0.3 is 0 Å². The maximum absolute atomic E-state index is 6.27. The third-order valence-corrected chi connectivity index (χ3v) is 3.29. The molecule has 0 spiro atoms. The van der Waals surface area contributed by atoms with E-state index < -0.39 is 0 Å². The van der Waals surface area contributed by atoms with Gasteiger partial charge in [-0.05, 0) is 31.5 Å². The Morgan fingerprint density at radius 1 is 1.16 bits per heavy atom. The fourth-order valence-corrected chi connectivity index (χ4v) is 1.98. The molecule has 1 aromatic carbocycles. The highest BCUT2D eigenvalue weighted by atomic mass is 16.5. The summed E-state index contributed by atoms with van der Waals surface area (Å²) in [5.74, 6) is 0.857. The molecule has 0 radical (unpaired) electrons. The largest absolute Gasteiger partial charge is 0.497 e. The summed E-state index contributed by atoms with van der Waals surface area (Å²) in [4.78, 5) is 2.33. The Balaban J connectivity index is 2.61. The Morgan fingerprint density at radius 2 is 1.79 bits per heavy atom. The zero-order valence-electron chi connectivity index (χ0n) is 12.4. The van der Waals surface area contributed by atoms with E-state index in [1.54, 1.807) is 14.2 Å². The minimum atomic E-state index is 0.00478. The van der Waals surface area contributed by atoms with Gasteiger partial charge in [0.05, 0.1) is 13.7 Å². The molecular weight excluding hydrogens is 240 g/mol. The number of benzene rings is 1. The van der Waals surface area contributed by atoms with Crippen molar-refractivity contribution in [3.05, 3.63) is 29.8 Å². The van der Waals surface area contributed by atoms with Gasteiger partial charge < -0.3 is 15.2 Å². The van der Waals surface area contributed by atoms with Crippen LogP contribution in [0.25, 0.3) is 0 Å². The first-order valence-electron chi connectivity index (χ1n) is 6.71. The fraction of sp³-hybridized carbons (Fsp3) is 0.600. The van der Waals surface area contributed by atoms with Crippen LogP contribution in [-0.4, -0.2) is 44.9 Å². The van der Waals surface area contributed by atoms with E-state index in [2.05, 4.69) is 18.7 Å². The van der Waals surface area contributed by atoms with Crippen LogP contribution in [0.15, 0.2) is 24.3 Å². The average molecular weight is 266 g/mol. The van der Waals surface area contributed by atoms with Crippen molar-refractivity contribution >= 4 is 0 Å². The second-order valence-electron chi connectivity index (χ2n) is 4.96. The summed E-state index contributed by atoms with van der Waals surface area (Å²) in [6, 6.07) is 8.41. The van der Waals surface area contributed by atoms with Gasteiger partial charge in [-0.1, -0.05) is 12.1 Å². The van der Waals surface area contributed by atoms with Crippen molar-refractivity contribution < 1.29 is 9.47 Å². The molecule has 108 valence electrons. The molecule has 1 unspecified atom stereocenters. The fourth-order valence-electron chi connectivity index (χ4n) is 1.98. The van der Waals surface area contributed by atoms with Crippen molar-refractivity contribution in [1.82, 2.24) is 4.90 Å². The lowest BCUT2D eigenvalue weighted by atomic mass is 10.1. The Morgan fingerprint density at radius 3 is 2.26 bits per heavy atom. The zero-order valence-corrected chi connectivity index (χ0v) is 12.4. The molecule has 0 bridgehead atoms. The Hall–Kier alpha value is -1.10. The lowest BCUT2D eigenvalue weighted by molar-refractivity contribution is 0.125. The van der Waals surface area contributed by atoms with Gasteiger partial charge in [0.1, 0.15) is 5.75 Å². The molecular formula is C15H26N2O2. The molecule has 1 atom stereocenters. The maximum atomic E-state index is 6.27. The van der Waals surface area contributed by atoms with E-state index in [0.29, 0.717) is 6.04 Å². The number of rotatable bonds is 8. The quantitative estimate of drug-likeness (QED) is 0.782. The topological polar surface area (TPSA) is 47.7 Å². The SMILES string of the molecule is COCCN(CC(N)c1ccc(OC)cc1)C(C)C. The number of hydrogen-bond donors (Lipinski definition) is 1. The molecule has 4 heteroatoms. The summed E-state index contributed by atoms with van der Waals surface area (Å²) in [5, 5.41) is 0. The van der Waals surface area contributed by atoms with Crippen molar-refractivity contribution in [3.63, 3.8) is 0 Å². The van der Waals surface area contributed by atoms with Crippen molar-refractivity contribution in [2.75, 3.05) is 33.9 Å². The number of ether oxygens (including phenoxy) is 2. The summed E-state index contributed by atoms with van der Waals surface area (Å²) in [5.41, 5.74) is 7.40. The molecule has 19 heavy (non-hydrogen) atoms. The van der Waals surface area contributed by atoms with Crippen LogP contribution >= 0.6 is 0 Å². The minimum Gasteiger partial charge on any atom is -0.497 e. The van der Waals surface area contributed by atoms with Crippen LogP contribution in [-0.2, 0) is 4.74 Å². The molecule has 0 aliphatic carbocycles. The van der Waals surface area contributed by atoms with Gasteiger partial charge in [0.25, 0.3) is 0 Å². The number of nitrogens with two attached hydrogens (primary N) is 1. The van der Waals surface area contributed by atoms with Crippen LogP contribution in [0.2, 0.25) is 0 Å². The highest BCUT2D eigenvalue weighted by molar-refractivity contribution is 5.29. The average Bonchev–Trinajstić information content (AvgIpc) is 2.43. The van der Waals surface area contributed by atoms with E-state index in [9.17, 15) is 0 Å². The van der Waals surface area contributed by atoms with Crippen LogP contribution in [0, 0.1) is 0 Å². The Bertz CT molecular complexity index is 352. The third-order valence-electron chi connectivity index (χ3n) is 3.29. The van der Waals surface area contributed by atoms with E-state index in [-0.39, 0.29) is 6.04 Å². The monoisotopic (exact) mass is 266 g/mol. The molecule has 1 rings (SSSR count). The number of hydrogen-bond acceptors (Lipinski definition) is 4. The van der Waals surface area contributed by atoms with Crippen molar-refractivity contribution in [2.45, 2.75) is 25.9 Å². The lowest BCUT2D eigenvalue weighted by Gasteiger charge is -2.29. The third kappa shape index (κ3) is 5.19. The first-order valence-corrected chi connectivity index (χ1v) is 6.71. The van der Waals surface area contributed by atoms with E-state index in [1.165, 1.54) is 0 Å². The molecule has 0 saturated carbocycles. The summed E-state index contributed by atoms with van der Waals surface area (Å²) in [6.45, 7) is 6.81. The van der Waals surface area contributed by atoms with Crippen LogP contribution in [0.1, 0.15) is 25.5 Å². The van der Waals surface area contributed by atoms with E-state index in [1.807, 2.05) is 24.3 Å². The summed E-state index contributed by atoms with van der Waals surface area (Å²) >= 11 is 0. The molecule has 0 aliphatic rings. The predicted octanol–water partition coefficient (Wildman–Crippen LogP) is 2.05. The molecule has 0 fully saturated rings. The van der Waals surface area contributed by atoms with Gasteiger partial charge in [-0.25, -0.2) is 0 Å². The van der Waals surface area contributed by atoms with Crippen molar-refractivity contribution in [3.8, 4) is 5.75 Å². The summed E-state index contributed by atoms with van der Waals surface area (Å²) in [7, 11) is 3.39. The van der Waals surface area contributed by atoms with E-state index in [0.717, 1.165) is 31.0 Å². The van der Waals surface area contributed by atoms with Gasteiger partial charge in [-0.15, -0.1) is 0 Å². The van der Waals surface area contributed by atoms with Gasteiger partial charge in [0.2, 0.25) is 0 Å². The Kier molecular flexibility index (Phi) is 6.84. The Labute approximate surface area is 116 Å². The van der Waals surface area contributed by atoms with Gasteiger partial charge in [0.15, 0.2) is 0 Å². The smallest absolute Gasteiger partial charge is 0.118 e. The minimum absolute atomic E-state index is 0.00478. The van der Waals surface area contributed by atoms with Crippen LogP contribution in [0.3, 0.4) is 0 Å². The van der Waals surface area contributed by atoms with E-state index >= 15 is 0 Å². The van der Waals surface area contributed by atoms with Crippen LogP contribution < -0.4 is 10.5 Å². The maximum Gasteiger partial charge on any atom is 0.118 e. The molecule has 0 amide bonds. The molecule has 1 aromatic rings. The van der Waals surface area contributed by atoms with Gasteiger partial charge in [-0.3, -0.25) is 4.90 Å². The second kappa shape index (κ2) is 8.15. The molecule has 4 nitrogen and oxygen atoms in total. The highest BCUT2D eigenvalue weighted by Crippen LogP contribution is 2.17. The van der Waals surface area contributed by atoms with E-state index in [4.69, 9.17) is 15.2 Å². The number of nitrogens with zero attached hydrogens (tertiary/aromatic N) is 1. The molecule has 0 aliphatic heterocycles. The molecule has 0 heterocycles. The number of methoxy groups -OCH3 is 2. The highest BCUT2D eigenvalue weighted by Gasteiger charge is 2.15. The van der Waals surface area contributed by atoms with Crippen LogP contribution in [0.4, 0.5) is 0 Å². The normalized spacial score (nSPS) is 13.0. The predicted molar refractivity (Wildman–Crippen MR) is 78.5 cm³/mol. The standard InChI is InChI=1S/C15H26N2O2/c1-12(2)17(9-10-18-3)11-15(16)13-5-7-14(19-4)8-6-13/h5-8,12,15H,9-11,16H2,1-4H3. The van der Waals surface area contributed by atoms with Gasteiger partial charge in [0, 0.05) is 32.3 Å². The van der Waals surface area contributed by atoms with Crippen molar-refractivity contribution in [1.29, 1.82) is 0 Å². The first-order chi connectivity index (χ1) is 9.08. The van der Waals surface area contributed by atoms with Crippen LogP contribution in [0.5, 0.6) is 5.75 Å². The second-order valence-corrected chi connectivity index (χ2v) is 4.96. The lowest BCUT2D eigenvalue weighted by Crippen LogP contribution is -2.39. The molecule has 0 saturated heterocycles. The van der Waals surface area contributed by atoms with Gasteiger partial charge in [-0.2, -0.15) is 0 Å². The first kappa shape index (κ1) is 16.0. The summed E-state index contributed by atoms with van der Waals surface area (Å²) < 4.78 is 10.3. The molecule has 0 aromatic heterocycles. The summed E-state index contributed by atoms with van der Waals surface area (Å²) in [6.07, 6.45) is 0. The van der Waals surface area contributed by atoms with Crippen molar-refractivity contribution in [2.24, 2.45) is 5.73 Å².